The average molecular weight is 367 g/mol. The third-order valence-electron chi connectivity index (χ3n) is 9.33. The van der Waals surface area contributed by atoms with Gasteiger partial charge in [-0.05, 0) is 98.4 Å². The van der Waals surface area contributed by atoms with E-state index in [4.69, 9.17) is 0 Å². The Morgan fingerprint density at radius 3 is 2.52 bits per heavy atom. The highest BCUT2D eigenvalue weighted by Crippen LogP contribution is 2.72. The van der Waals surface area contributed by atoms with Gasteiger partial charge in [-0.15, -0.1) is 0 Å². The van der Waals surface area contributed by atoms with Crippen LogP contribution in [0.15, 0.2) is 0 Å². The molecule has 0 aromatic heterocycles. The number of fused-ring (bicyclic) bond motifs is 3. The van der Waals surface area contributed by atoms with Crippen molar-refractivity contribution in [3.8, 4) is 0 Å². The minimum absolute atomic E-state index is 0.0666. The second-order valence-corrected chi connectivity index (χ2v) is 11.0. The Bertz CT molecular complexity index is 565. The zero-order chi connectivity index (χ0) is 18.0. The number of aliphatic carboxylic acids is 1. The highest BCUT2D eigenvalue weighted by Gasteiger charge is 2.68. The molecule has 0 saturated heterocycles. The molecule has 0 heterocycles. The van der Waals surface area contributed by atoms with E-state index in [1.165, 1.54) is 19.3 Å². The first-order valence-electron chi connectivity index (χ1n) is 10.2. The van der Waals surface area contributed by atoms with Crippen LogP contribution in [0.1, 0.15) is 65.2 Å². The monoisotopic (exact) mass is 366 g/mol. The summed E-state index contributed by atoms with van der Waals surface area (Å²) in [5.41, 5.74) is -0.417. The van der Waals surface area contributed by atoms with Crippen molar-refractivity contribution in [1.29, 1.82) is 0 Å². The second-order valence-electron chi connectivity index (χ2n) is 10.1. The van der Waals surface area contributed by atoms with Gasteiger partial charge in [-0.1, -0.05) is 13.3 Å². The Balaban J connectivity index is 1.72. The number of aliphatic hydroxyl groups excluding tert-OH is 1. The van der Waals surface area contributed by atoms with Gasteiger partial charge in [0.1, 0.15) is 0 Å². The van der Waals surface area contributed by atoms with Crippen molar-refractivity contribution in [1.82, 2.24) is 0 Å². The van der Waals surface area contributed by atoms with Crippen molar-refractivity contribution >= 4 is 17.7 Å². The summed E-state index contributed by atoms with van der Waals surface area (Å²) < 4.78 is 0. The molecule has 5 saturated carbocycles. The van der Waals surface area contributed by atoms with E-state index in [0.29, 0.717) is 17.8 Å². The number of carboxylic acids is 1. The molecule has 5 fully saturated rings. The van der Waals surface area contributed by atoms with Crippen LogP contribution in [-0.2, 0) is 4.79 Å². The van der Waals surface area contributed by atoms with Crippen LogP contribution in [-0.4, -0.2) is 34.3 Å². The Kier molecular flexibility index (Phi) is 4.28. The van der Waals surface area contributed by atoms with E-state index >= 15 is 0 Å². The summed E-state index contributed by atoms with van der Waals surface area (Å²) in [5.74, 6) is 2.36. The van der Waals surface area contributed by atoms with Crippen LogP contribution in [0, 0.1) is 39.9 Å². The maximum atomic E-state index is 12.1. The first-order valence-corrected chi connectivity index (χ1v) is 11.6. The van der Waals surface area contributed by atoms with Crippen molar-refractivity contribution in [2.24, 2.45) is 39.9 Å². The van der Waals surface area contributed by atoms with E-state index in [0.717, 1.165) is 37.9 Å². The number of thioether (sulfide) groups is 1. The van der Waals surface area contributed by atoms with Crippen LogP contribution in [0.5, 0.6) is 0 Å². The summed E-state index contributed by atoms with van der Waals surface area (Å²) in [6.45, 7) is 4.39. The number of carboxylic acid groups (broad SMARTS) is 1. The summed E-state index contributed by atoms with van der Waals surface area (Å²) in [6.07, 6.45) is 10.7. The lowest BCUT2D eigenvalue weighted by molar-refractivity contribution is -0.241. The lowest BCUT2D eigenvalue weighted by Gasteiger charge is -2.70. The van der Waals surface area contributed by atoms with E-state index in [1.54, 1.807) is 0 Å². The Morgan fingerprint density at radius 2 is 1.84 bits per heavy atom. The Hall–Kier alpha value is -0.220. The van der Waals surface area contributed by atoms with Crippen LogP contribution in [0.25, 0.3) is 0 Å². The summed E-state index contributed by atoms with van der Waals surface area (Å²) in [4.78, 5) is 12.1. The van der Waals surface area contributed by atoms with Crippen molar-refractivity contribution in [3.05, 3.63) is 0 Å². The fourth-order valence-electron chi connectivity index (χ4n) is 8.15. The van der Waals surface area contributed by atoms with Gasteiger partial charge >= 0.3 is 5.97 Å². The summed E-state index contributed by atoms with van der Waals surface area (Å²) in [6, 6.07) is 0. The third kappa shape index (κ3) is 2.25. The van der Waals surface area contributed by atoms with Crippen LogP contribution >= 0.6 is 11.8 Å². The fourth-order valence-corrected chi connectivity index (χ4v) is 8.99. The van der Waals surface area contributed by atoms with Gasteiger partial charge < -0.3 is 10.2 Å². The van der Waals surface area contributed by atoms with Crippen LogP contribution in [0.2, 0.25) is 0 Å². The molecule has 5 aliphatic carbocycles. The highest BCUT2D eigenvalue weighted by molar-refractivity contribution is 7.98. The zero-order valence-corrected chi connectivity index (χ0v) is 16.8. The van der Waals surface area contributed by atoms with Gasteiger partial charge in [-0.25, -0.2) is 0 Å². The number of rotatable bonds is 3. The quantitative estimate of drug-likeness (QED) is 0.775. The second kappa shape index (κ2) is 5.89. The van der Waals surface area contributed by atoms with Crippen LogP contribution in [0.3, 0.4) is 0 Å². The smallest absolute Gasteiger partial charge is 0.309 e. The number of aliphatic hydroxyl groups is 1. The molecule has 25 heavy (non-hydrogen) atoms. The predicted octanol–water partition coefficient (Wildman–Crippen LogP) is 4.43. The summed E-state index contributed by atoms with van der Waals surface area (Å²) >= 11 is 1.88. The molecule has 3 nitrogen and oxygen atoms in total. The minimum Gasteiger partial charge on any atom is -0.481 e. The Labute approximate surface area is 156 Å². The molecule has 5 aliphatic rings. The van der Waals surface area contributed by atoms with Gasteiger partial charge in [0.2, 0.25) is 0 Å². The molecule has 0 aliphatic heterocycles. The third-order valence-corrected chi connectivity index (χ3v) is 10.1. The molecule has 4 heteroatoms. The van der Waals surface area contributed by atoms with E-state index in [9.17, 15) is 15.0 Å². The van der Waals surface area contributed by atoms with E-state index < -0.39 is 11.4 Å². The molecule has 0 aromatic rings. The van der Waals surface area contributed by atoms with E-state index in [1.807, 2.05) is 18.7 Å². The highest BCUT2D eigenvalue weighted by atomic mass is 32.2. The Morgan fingerprint density at radius 1 is 1.12 bits per heavy atom. The molecule has 2 unspecified atom stereocenters. The van der Waals surface area contributed by atoms with Crippen molar-refractivity contribution in [2.45, 2.75) is 71.3 Å². The number of hydrogen-bond donors (Lipinski definition) is 2. The average Bonchev–Trinajstić information content (AvgIpc) is 2.57. The molecule has 0 aromatic carbocycles. The summed E-state index contributed by atoms with van der Waals surface area (Å²) in [7, 11) is 0. The molecule has 142 valence electrons. The lowest BCUT2D eigenvalue weighted by Crippen LogP contribution is -2.67. The molecular formula is C21H34O3S. The zero-order valence-electron chi connectivity index (χ0n) is 16.0. The maximum Gasteiger partial charge on any atom is 0.309 e. The minimum atomic E-state index is -0.596. The summed E-state index contributed by atoms with van der Waals surface area (Å²) in [5, 5.41) is 21.4. The first-order chi connectivity index (χ1) is 11.8. The van der Waals surface area contributed by atoms with Crippen molar-refractivity contribution in [3.63, 3.8) is 0 Å². The number of hydrogen-bond acceptors (Lipinski definition) is 3. The van der Waals surface area contributed by atoms with Gasteiger partial charge in [0.05, 0.1) is 11.5 Å². The lowest BCUT2D eigenvalue weighted by atomic mass is 9.35. The van der Waals surface area contributed by atoms with Crippen LogP contribution < -0.4 is 0 Å². The van der Waals surface area contributed by atoms with Crippen molar-refractivity contribution < 1.29 is 15.0 Å². The first kappa shape index (κ1) is 18.2. The largest absolute Gasteiger partial charge is 0.481 e. The molecule has 0 radical (unpaired) electrons. The molecule has 2 N–H and O–H groups in total. The van der Waals surface area contributed by atoms with E-state index in [2.05, 4.69) is 13.2 Å². The molecule has 1 spiro atoms. The SMILES string of the molecule is CSC[C@H]1[C@@H]2CC[C@@]3(CCC4[C@@](C)(CCC[C@@]4(C)C(=O)O)C3C2)[C@@H]1O. The van der Waals surface area contributed by atoms with Crippen molar-refractivity contribution in [2.75, 3.05) is 12.0 Å². The molecule has 2 bridgehead atoms. The van der Waals surface area contributed by atoms with E-state index in [-0.39, 0.29) is 22.9 Å². The van der Waals surface area contributed by atoms with Crippen LogP contribution in [0.4, 0.5) is 0 Å². The van der Waals surface area contributed by atoms with Gasteiger partial charge in [-0.3, -0.25) is 4.79 Å². The molecule has 0 amide bonds. The topological polar surface area (TPSA) is 57.5 Å². The fraction of sp³-hybridized carbons (Fsp3) is 0.952. The normalized spacial score (nSPS) is 54.6. The van der Waals surface area contributed by atoms with Gasteiger partial charge in [0, 0.05) is 0 Å². The number of carbonyl (C=O) groups is 1. The molecule has 8 atom stereocenters. The van der Waals surface area contributed by atoms with Gasteiger partial charge in [-0.2, -0.15) is 11.8 Å². The standard InChI is InChI=1S/C21H34O3S/c1-19-7-4-8-20(2,18(23)24)15(19)6-10-21-9-5-13(11-16(19)21)14(12-25-3)17(21)22/h13-17,22H,4-12H2,1-3H3,(H,23,24)/t13-,14+,15?,16?,17-,19-,20-,21+/m1/s1. The molecule has 5 rings (SSSR count). The van der Waals surface area contributed by atoms with Gasteiger partial charge in [0.25, 0.3) is 0 Å². The van der Waals surface area contributed by atoms with Gasteiger partial charge in [0.15, 0.2) is 0 Å². The predicted molar refractivity (Wildman–Crippen MR) is 102 cm³/mol. The molecular weight excluding hydrogens is 332 g/mol. The maximum absolute atomic E-state index is 12.1.